The van der Waals surface area contributed by atoms with Crippen molar-refractivity contribution in [3.63, 3.8) is 0 Å². The average Bonchev–Trinajstić information content (AvgIpc) is 2.40. The van der Waals surface area contributed by atoms with Gasteiger partial charge >= 0.3 is 0 Å². The van der Waals surface area contributed by atoms with Gasteiger partial charge in [0.2, 0.25) is 0 Å². The topological polar surface area (TPSA) is 104 Å². The van der Waals surface area contributed by atoms with E-state index in [1.807, 2.05) is 30.3 Å². The molecule has 90 valence electrons. The van der Waals surface area contributed by atoms with E-state index in [0.717, 1.165) is 18.0 Å². The molecule has 0 saturated carbocycles. The number of nitrogens with zero attached hydrogens (tertiary/aromatic N) is 5. The van der Waals surface area contributed by atoms with Crippen LogP contribution < -0.4 is 0 Å². The van der Waals surface area contributed by atoms with Crippen molar-refractivity contribution in [2.45, 2.75) is 0 Å². The first-order valence-corrected chi connectivity index (χ1v) is 5.00. The first kappa shape index (κ1) is 11.6. The van der Waals surface area contributed by atoms with Crippen LogP contribution in [0.2, 0.25) is 0 Å². The Morgan fingerprint density at radius 2 is 1.39 bits per heavy atom. The SMILES string of the molecule is ON=Cc1nc(C=NO)nc(-c2ccccc2)n1. The third kappa shape index (κ3) is 2.64. The number of aromatic nitrogens is 3. The van der Waals surface area contributed by atoms with Gasteiger partial charge in [0.25, 0.3) is 0 Å². The fraction of sp³-hybridized carbons (Fsp3) is 0. The molecule has 1 aromatic carbocycles. The van der Waals surface area contributed by atoms with Crippen LogP contribution in [0, 0.1) is 0 Å². The monoisotopic (exact) mass is 243 g/mol. The fourth-order valence-electron chi connectivity index (χ4n) is 1.34. The summed E-state index contributed by atoms with van der Waals surface area (Å²) in [6.45, 7) is 0. The summed E-state index contributed by atoms with van der Waals surface area (Å²) >= 11 is 0. The molecule has 0 atom stereocenters. The summed E-state index contributed by atoms with van der Waals surface area (Å²) in [6, 6.07) is 9.22. The zero-order chi connectivity index (χ0) is 12.8. The minimum Gasteiger partial charge on any atom is -0.411 e. The lowest BCUT2D eigenvalue weighted by Crippen LogP contribution is -2.04. The van der Waals surface area contributed by atoms with Gasteiger partial charge < -0.3 is 10.4 Å². The summed E-state index contributed by atoms with van der Waals surface area (Å²) in [7, 11) is 0. The Morgan fingerprint density at radius 1 is 0.833 bits per heavy atom. The highest BCUT2D eigenvalue weighted by atomic mass is 16.4. The molecule has 2 rings (SSSR count). The molecule has 0 aliphatic carbocycles. The normalized spacial score (nSPS) is 11.3. The molecule has 0 fully saturated rings. The highest BCUT2D eigenvalue weighted by molar-refractivity contribution is 5.79. The summed E-state index contributed by atoms with van der Waals surface area (Å²) < 4.78 is 0. The lowest BCUT2D eigenvalue weighted by molar-refractivity contribution is 0.321. The van der Waals surface area contributed by atoms with Crippen molar-refractivity contribution >= 4 is 12.4 Å². The van der Waals surface area contributed by atoms with E-state index in [9.17, 15) is 0 Å². The van der Waals surface area contributed by atoms with Gasteiger partial charge in [-0.05, 0) is 0 Å². The molecule has 0 saturated heterocycles. The lowest BCUT2D eigenvalue weighted by Gasteiger charge is -2.01. The van der Waals surface area contributed by atoms with E-state index in [1.165, 1.54) is 0 Å². The van der Waals surface area contributed by atoms with Crippen molar-refractivity contribution < 1.29 is 10.4 Å². The molecule has 0 aliphatic heterocycles. The second-order valence-corrected chi connectivity index (χ2v) is 3.23. The molecule has 1 heterocycles. The predicted molar refractivity (Wildman–Crippen MR) is 64.0 cm³/mol. The standard InChI is InChI=1S/C11H9N5O2/c17-12-6-9-14-10(7-13-18)16-11(15-9)8-4-2-1-3-5-8/h1-7,17-18H. The van der Waals surface area contributed by atoms with Crippen LogP contribution in [0.15, 0.2) is 40.6 Å². The molecule has 7 nitrogen and oxygen atoms in total. The Bertz CT molecular complexity index is 553. The molecule has 0 unspecified atom stereocenters. The Morgan fingerprint density at radius 3 is 1.89 bits per heavy atom. The maximum absolute atomic E-state index is 8.49. The van der Waals surface area contributed by atoms with Crippen LogP contribution in [0.5, 0.6) is 0 Å². The van der Waals surface area contributed by atoms with E-state index in [2.05, 4.69) is 25.3 Å². The summed E-state index contributed by atoms with van der Waals surface area (Å²) in [4.78, 5) is 12.1. The first-order chi connectivity index (χ1) is 8.83. The lowest BCUT2D eigenvalue weighted by atomic mass is 10.2. The van der Waals surface area contributed by atoms with Crippen LogP contribution in [0.4, 0.5) is 0 Å². The van der Waals surface area contributed by atoms with Crippen LogP contribution in [0.25, 0.3) is 11.4 Å². The minimum absolute atomic E-state index is 0.168. The largest absolute Gasteiger partial charge is 0.411 e. The van der Waals surface area contributed by atoms with E-state index in [4.69, 9.17) is 10.4 Å². The fourth-order valence-corrected chi connectivity index (χ4v) is 1.34. The smallest absolute Gasteiger partial charge is 0.178 e. The van der Waals surface area contributed by atoms with Crippen LogP contribution >= 0.6 is 0 Å². The second-order valence-electron chi connectivity index (χ2n) is 3.23. The van der Waals surface area contributed by atoms with Crippen molar-refractivity contribution in [2.24, 2.45) is 10.3 Å². The first-order valence-electron chi connectivity index (χ1n) is 5.00. The Labute approximate surface area is 102 Å². The van der Waals surface area contributed by atoms with Gasteiger partial charge in [0.15, 0.2) is 17.5 Å². The minimum atomic E-state index is 0.168. The van der Waals surface area contributed by atoms with E-state index in [-0.39, 0.29) is 11.6 Å². The van der Waals surface area contributed by atoms with Gasteiger partial charge in [-0.15, -0.1) is 0 Å². The highest BCUT2D eigenvalue weighted by Gasteiger charge is 2.06. The van der Waals surface area contributed by atoms with Crippen molar-refractivity contribution in [2.75, 3.05) is 0 Å². The quantitative estimate of drug-likeness (QED) is 0.478. The van der Waals surface area contributed by atoms with Crippen molar-refractivity contribution in [3.8, 4) is 11.4 Å². The second kappa shape index (κ2) is 5.48. The molecule has 0 spiro atoms. The number of benzene rings is 1. The van der Waals surface area contributed by atoms with Gasteiger partial charge in [0.05, 0.1) is 0 Å². The molecule has 2 aromatic rings. The maximum Gasteiger partial charge on any atom is 0.178 e. The van der Waals surface area contributed by atoms with Crippen LogP contribution in [-0.2, 0) is 0 Å². The van der Waals surface area contributed by atoms with E-state index in [0.29, 0.717) is 5.82 Å². The highest BCUT2D eigenvalue weighted by Crippen LogP contribution is 2.13. The summed E-state index contributed by atoms with van der Waals surface area (Å²) in [5.41, 5.74) is 0.778. The van der Waals surface area contributed by atoms with Crippen molar-refractivity contribution in [1.29, 1.82) is 0 Å². The molecule has 0 amide bonds. The number of hydrogen-bond donors (Lipinski definition) is 2. The molecule has 7 heteroatoms. The predicted octanol–water partition coefficient (Wildman–Crippen LogP) is 1.15. The molecule has 0 bridgehead atoms. The molecule has 1 aromatic heterocycles. The molecule has 0 aliphatic rings. The third-order valence-corrected chi connectivity index (χ3v) is 2.05. The summed E-state index contributed by atoms with van der Waals surface area (Å²) in [6.07, 6.45) is 2.14. The zero-order valence-corrected chi connectivity index (χ0v) is 9.17. The van der Waals surface area contributed by atoms with E-state index >= 15 is 0 Å². The number of hydrogen-bond acceptors (Lipinski definition) is 7. The molecular weight excluding hydrogens is 234 g/mol. The Balaban J connectivity index is 2.53. The van der Waals surface area contributed by atoms with Gasteiger partial charge in [-0.2, -0.15) is 0 Å². The van der Waals surface area contributed by atoms with Gasteiger partial charge in [-0.1, -0.05) is 40.6 Å². The Hall–Kier alpha value is -2.83. The maximum atomic E-state index is 8.49. The van der Waals surface area contributed by atoms with E-state index in [1.54, 1.807) is 0 Å². The number of rotatable bonds is 3. The van der Waals surface area contributed by atoms with Crippen molar-refractivity contribution in [1.82, 2.24) is 15.0 Å². The molecule has 18 heavy (non-hydrogen) atoms. The van der Waals surface area contributed by atoms with Crippen LogP contribution in [-0.4, -0.2) is 37.8 Å². The van der Waals surface area contributed by atoms with Crippen LogP contribution in [0.1, 0.15) is 11.6 Å². The van der Waals surface area contributed by atoms with E-state index < -0.39 is 0 Å². The zero-order valence-electron chi connectivity index (χ0n) is 9.17. The Kier molecular flexibility index (Phi) is 3.55. The van der Waals surface area contributed by atoms with Gasteiger partial charge in [0, 0.05) is 5.56 Å². The summed E-state index contributed by atoms with van der Waals surface area (Å²) in [5.74, 6) is 0.734. The molecule has 2 N–H and O–H groups in total. The van der Waals surface area contributed by atoms with Crippen molar-refractivity contribution in [3.05, 3.63) is 42.0 Å². The average molecular weight is 243 g/mol. The third-order valence-electron chi connectivity index (χ3n) is 2.05. The number of oxime groups is 2. The van der Waals surface area contributed by atoms with Gasteiger partial charge in [-0.3, -0.25) is 0 Å². The molecule has 0 radical (unpaired) electrons. The van der Waals surface area contributed by atoms with Crippen LogP contribution in [0.3, 0.4) is 0 Å². The molecular formula is C11H9N5O2. The summed E-state index contributed by atoms with van der Waals surface area (Å²) in [5, 5.41) is 22.7. The van der Waals surface area contributed by atoms with Gasteiger partial charge in [0.1, 0.15) is 12.4 Å². The van der Waals surface area contributed by atoms with Gasteiger partial charge in [-0.25, -0.2) is 15.0 Å².